The molecule has 2 rings (SSSR count). The van der Waals surface area contributed by atoms with Crippen molar-refractivity contribution in [2.75, 3.05) is 20.8 Å². The van der Waals surface area contributed by atoms with Crippen molar-refractivity contribution in [3.63, 3.8) is 0 Å². The molecule has 136 valence electrons. The first-order chi connectivity index (χ1) is 12.5. The monoisotopic (exact) mass is 356 g/mol. The van der Waals surface area contributed by atoms with Crippen molar-refractivity contribution >= 4 is 18.1 Å². The Morgan fingerprint density at radius 2 is 1.46 bits per heavy atom. The van der Waals surface area contributed by atoms with Crippen molar-refractivity contribution in [3.8, 4) is 23.0 Å². The molecule has 0 unspecified atom stereocenters. The predicted octanol–water partition coefficient (Wildman–Crippen LogP) is 3.38. The average molecular weight is 356 g/mol. The summed E-state index contributed by atoms with van der Waals surface area (Å²) in [7, 11) is 2.92. The molecule has 0 heterocycles. The van der Waals surface area contributed by atoms with Crippen LogP contribution >= 0.6 is 0 Å². The van der Waals surface area contributed by atoms with Crippen LogP contribution in [0.3, 0.4) is 0 Å². The van der Waals surface area contributed by atoms with E-state index in [-0.39, 0.29) is 18.1 Å². The first-order valence-electron chi connectivity index (χ1n) is 7.79. The largest absolute Gasteiger partial charge is 0.504 e. The van der Waals surface area contributed by atoms with Crippen LogP contribution in [0.1, 0.15) is 11.1 Å². The summed E-state index contributed by atoms with van der Waals surface area (Å²) in [6.45, 7) is 0.102. The van der Waals surface area contributed by atoms with Crippen molar-refractivity contribution in [2.45, 2.75) is 0 Å². The van der Waals surface area contributed by atoms with Crippen molar-refractivity contribution in [1.29, 1.82) is 0 Å². The second kappa shape index (κ2) is 9.17. The third kappa shape index (κ3) is 5.31. The van der Waals surface area contributed by atoms with Gasteiger partial charge in [-0.2, -0.15) is 0 Å². The molecule has 6 heteroatoms. The predicted molar refractivity (Wildman–Crippen MR) is 98.3 cm³/mol. The summed E-state index contributed by atoms with van der Waals surface area (Å²) < 4.78 is 15.1. The van der Waals surface area contributed by atoms with Gasteiger partial charge in [0.1, 0.15) is 6.61 Å². The zero-order chi connectivity index (χ0) is 18.9. The molecule has 0 aliphatic heterocycles. The highest BCUT2D eigenvalue weighted by Crippen LogP contribution is 2.27. The van der Waals surface area contributed by atoms with E-state index in [2.05, 4.69) is 0 Å². The Morgan fingerprint density at radius 3 is 2.00 bits per heavy atom. The van der Waals surface area contributed by atoms with Gasteiger partial charge in [0.15, 0.2) is 23.0 Å². The maximum atomic E-state index is 11.7. The molecule has 0 spiro atoms. The van der Waals surface area contributed by atoms with E-state index in [1.807, 2.05) is 0 Å². The number of benzene rings is 2. The van der Waals surface area contributed by atoms with E-state index in [1.54, 1.807) is 42.5 Å². The van der Waals surface area contributed by atoms with Gasteiger partial charge in [-0.3, -0.25) is 0 Å². The van der Waals surface area contributed by atoms with Crippen LogP contribution in [0.5, 0.6) is 23.0 Å². The summed E-state index contributed by atoms with van der Waals surface area (Å²) in [5.74, 6) is 0.296. The van der Waals surface area contributed by atoms with Crippen molar-refractivity contribution < 1.29 is 29.2 Å². The van der Waals surface area contributed by atoms with Crippen LogP contribution in [0.4, 0.5) is 0 Å². The van der Waals surface area contributed by atoms with E-state index < -0.39 is 5.97 Å². The molecule has 0 saturated heterocycles. The number of ether oxygens (including phenoxy) is 3. The highest BCUT2D eigenvalue weighted by atomic mass is 16.5. The fourth-order valence-corrected chi connectivity index (χ4v) is 2.12. The van der Waals surface area contributed by atoms with Crippen LogP contribution in [0.25, 0.3) is 12.2 Å². The molecule has 0 amide bonds. The summed E-state index contributed by atoms with van der Waals surface area (Å²) in [4.78, 5) is 11.7. The molecule has 0 saturated carbocycles. The Balaban J connectivity index is 1.87. The van der Waals surface area contributed by atoms with E-state index in [1.165, 1.54) is 32.4 Å². The van der Waals surface area contributed by atoms with Gasteiger partial charge in [-0.15, -0.1) is 0 Å². The molecule has 2 aromatic rings. The molecule has 0 aliphatic rings. The minimum atomic E-state index is -0.495. The maximum Gasteiger partial charge on any atom is 0.331 e. The quantitative estimate of drug-likeness (QED) is 0.584. The van der Waals surface area contributed by atoms with Gasteiger partial charge >= 0.3 is 5.97 Å². The zero-order valence-corrected chi connectivity index (χ0v) is 14.5. The van der Waals surface area contributed by atoms with E-state index in [0.717, 1.165) is 5.56 Å². The summed E-state index contributed by atoms with van der Waals surface area (Å²) >= 11 is 0. The number of hydrogen-bond acceptors (Lipinski definition) is 6. The highest BCUT2D eigenvalue weighted by Gasteiger charge is 2.02. The standard InChI is InChI=1S/C20H20O6/c1-24-18-12-14(5-8-16(18)21)4-3-11-26-20(23)10-7-15-6-9-17(22)19(13-15)25-2/h3-10,12-13,21-22H,11H2,1-2H3/b4-3+,10-7+. The number of phenolic OH excluding ortho intramolecular Hbond substituents is 2. The Morgan fingerprint density at radius 1 is 0.923 bits per heavy atom. The average Bonchev–Trinajstić information content (AvgIpc) is 2.65. The molecule has 0 fully saturated rings. The van der Waals surface area contributed by atoms with Gasteiger partial charge in [-0.05, 0) is 47.5 Å². The van der Waals surface area contributed by atoms with Crippen molar-refractivity contribution in [3.05, 3.63) is 59.7 Å². The topological polar surface area (TPSA) is 85.2 Å². The Kier molecular flexibility index (Phi) is 6.68. The summed E-state index contributed by atoms with van der Waals surface area (Å²) in [6.07, 6.45) is 6.30. The number of aromatic hydroxyl groups is 2. The first kappa shape index (κ1) is 18.9. The van der Waals surface area contributed by atoms with Crippen molar-refractivity contribution in [1.82, 2.24) is 0 Å². The zero-order valence-electron chi connectivity index (χ0n) is 14.5. The summed E-state index contributed by atoms with van der Waals surface area (Å²) in [5, 5.41) is 19.1. The van der Waals surface area contributed by atoms with Crippen LogP contribution in [0.2, 0.25) is 0 Å². The second-order valence-electron chi connectivity index (χ2n) is 5.23. The molecule has 0 aromatic heterocycles. The molecule has 2 N–H and O–H groups in total. The molecule has 0 atom stereocenters. The summed E-state index contributed by atoms with van der Waals surface area (Å²) in [6, 6.07) is 9.66. The third-order valence-corrected chi connectivity index (χ3v) is 3.45. The van der Waals surface area contributed by atoms with Crippen molar-refractivity contribution in [2.24, 2.45) is 0 Å². The highest BCUT2D eigenvalue weighted by molar-refractivity contribution is 5.87. The second-order valence-corrected chi connectivity index (χ2v) is 5.23. The SMILES string of the molecule is COc1cc(/C=C/COC(=O)/C=C/c2ccc(O)c(OC)c2)ccc1O. The van der Waals surface area contributed by atoms with Crippen LogP contribution in [-0.4, -0.2) is 37.0 Å². The molecule has 2 aromatic carbocycles. The molecule has 6 nitrogen and oxygen atoms in total. The number of methoxy groups -OCH3 is 2. The van der Waals surface area contributed by atoms with E-state index >= 15 is 0 Å². The van der Waals surface area contributed by atoms with Gasteiger partial charge in [0.05, 0.1) is 14.2 Å². The molecule has 0 aliphatic carbocycles. The third-order valence-electron chi connectivity index (χ3n) is 3.45. The molecular weight excluding hydrogens is 336 g/mol. The number of esters is 1. The molecule has 0 bridgehead atoms. The van der Waals surface area contributed by atoms with Crippen LogP contribution in [0.15, 0.2) is 48.6 Å². The van der Waals surface area contributed by atoms with Crippen LogP contribution in [-0.2, 0) is 9.53 Å². The van der Waals surface area contributed by atoms with Gasteiger partial charge in [0.25, 0.3) is 0 Å². The van der Waals surface area contributed by atoms with Gasteiger partial charge in [-0.1, -0.05) is 18.2 Å². The van der Waals surface area contributed by atoms with E-state index in [0.29, 0.717) is 17.1 Å². The van der Waals surface area contributed by atoms with Gasteiger partial charge < -0.3 is 24.4 Å². The van der Waals surface area contributed by atoms with E-state index in [4.69, 9.17) is 14.2 Å². The number of hydrogen-bond donors (Lipinski definition) is 2. The lowest BCUT2D eigenvalue weighted by Gasteiger charge is -2.04. The maximum absolute atomic E-state index is 11.7. The number of carbonyl (C=O) groups is 1. The minimum Gasteiger partial charge on any atom is -0.504 e. The number of rotatable bonds is 7. The van der Waals surface area contributed by atoms with E-state index in [9.17, 15) is 15.0 Å². The summed E-state index contributed by atoms with van der Waals surface area (Å²) in [5.41, 5.74) is 1.51. The number of phenols is 2. The Labute approximate surface area is 151 Å². The fraction of sp³-hybridized carbons (Fsp3) is 0.150. The smallest absolute Gasteiger partial charge is 0.331 e. The molecule has 0 radical (unpaired) electrons. The lowest BCUT2D eigenvalue weighted by atomic mass is 10.2. The minimum absolute atomic E-state index is 0.0308. The Hall–Kier alpha value is -3.41. The van der Waals surface area contributed by atoms with Crippen LogP contribution in [0, 0.1) is 0 Å². The normalized spacial score (nSPS) is 11.0. The molecule has 26 heavy (non-hydrogen) atoms. The van der Waals surface area contributed by atoms with Gasteiger partial charge in [0.2, 0.25) is 0 Å². The lowest BCUT2D eigenvalue weighted by Crippen LogP contribution is -1.99. The van der Waals surface area contributed by atoms with Crippen LogP contribution < -0.4 is 9.47 Å². The number of carbonyl (C=O) groups excluding carboxylic acids is 1. The van der Waals surface area contributed by atoms with Gasteiger partial charge in [-0.25, -0.2) is 4.79 Å². The lowest BCUT2D eigenvalue weighted by molar-refractivity contribution is -0.136. The Bertz CT molecular complexity index is 823. The molecular formula is C20H20O6. The first-order valence-corrected chi connectivity index (χ1v) is 7.79. The van der Waals surface area contributed by atoms with Gasteiger partial charge in [0, 0.05) is 6.08 Å². The fourth-order valence-electron chi connectivity index (χ4n) is 2.12.